The summed E-state index contributed by atoms with van der Waals surface area (Å²) in [7, 11) is -1.84. The van der Waals surface area contributed by atoms with Crippen molar-refractivity contribution in [3.05, 3.63) is 30.4 Å². The monoisotopic (exact) mass is 532 g/mol. The molecule has 1 amide bonds. The van der Waals surface area contributed by atoms with Crippen molar-refractivity contribution in [1.29, 1.82) is 0 Å². The molecule has 3 aliphatic rings. The van der Waals surface area contributed by atoms with Gasteiger partial charge in [0.05, 0.1) is 12.5 Å². The van der Waals surface area contributed by atoms with Crippen LogP contribution in [0.2, 0.25) is 0 Å². The molecular formula is C25H36N6O5S. The van der Waals surface area contributed by atoms with Crippen molar-refractivity contribution >= 4 is 21.9 Å². The summed E-state index contributed by atoms with van der Waals surface area (Å²) in [6.45, 7) is 8.74. The predicted molar refractivity (Wildman–Crippen MR) is 137 cm³/mol. The molecule has 11 nitrogen and oxygen atoms in total. The van der Waals surface area contributed by atoms with E-state index in [1.807, 2.05) is 20.8 Å². The van der Waals surface area contributed by atoms with Gasteiger partial charge in [0.15, 0.2) is 5.03 Å². The summed E-state index contributed by atoms with van der Waals surface area (Å²) in [5, 5.41) is 0.0818. The number of carbonyl (C=O) groups excluding carboxylic acids is 1. The Balaban J connectivity index is 1.18. The standard InChI is InChI=1S/C25H36N6O5S/c1-24(2,3)36-23(32)30-9-7-25(8-10-30)6-5-19-15-21(26-16-20(19)35-25)29-11-13-31(14-12-29)37(33,34)22-17-28(4)18-27-22/h15-18H,5-14H2,1-4H3. The second kappa shape index (κ2) is 9.46. The minimum Gasteiger partial charge on any atom is -0.485 e. The van der Waals surface area contributed by atoms with Gasteiger partial charge < -0.3 is 23.8 Å². The van der Waals surface area contributed by atoms with Gasteiger partial charge in [0.2, 0.25) is 0 Å². The normalized spacial score (nSPS) is 20.4. The van der Waals surface area contributed by atoms with Crippen LogP contribution in [0.25, 0.3) is 0 Å². The number of anilines is 1. The molecule has 12 heteroatoms. The van der Waals surface area contributed by atoms with E-state index in [9.17, 15) is 13.2 Å². The van der Waals surface area contributed by atoms with Crippen molar-refractivity contribution in [3.8, 4) is 5.75 Å². The molecule has 2 fully saturated rings. The second-order valence-electron chi connectivity index (χ2n) is 11.2. The molecule has 1 spiro atoms. The van der Waals surface area contributed by atoms with Crippen molar-refractivity contribution in [3.63, 3.8) is 0 Å². The highest BCUT2D eigenvalue weighted by atomic mass is 32.2. The number of nitrogens with zero attached hydrogens (tertiary/aromatic N) is 6. The number of ether oxygens (including phenoxy) is 2. The minimum atomic E-state index is -3.59. The van der Waals surface area contributed by atoms with Gasteiger partial charge in [-0.15, -0.1) is 0 Å². The van der Waals surface area contributed by atoms with Gasteiger partial charge in [-0.2, -0.15) is 4.31 Å². The lowest BCUT2D eigenvalue weighted by Gasteiger charge is -2.44. The molecule has 0 bridgehead atoms. The molecule has 2 aromatic rings. The molecule has 5 heterocycles. The fraction of sp³-hybridized carbons (Fsp3) is 0.640. The third-order valence-corrected chi connectivity index (χ3v) is 9.07. The number of likely N-dealkylation sites (tertiary alicyclic amines) is 1. The topological polar surface area (TPSA) is 110 Å². The zero-order valence-corrected chi connectivity index (χ0v) is 22.8. The molecule has 0 unspecified atom stereocenters. The molecule has 2 aromatic heterocycles. The first kappa shape index (κ1) is 25.8. The number of piperazine rings is 1. The molecule has 0 N–H and O–H groups in total. The quantitative estimate of drug-likeness (QED) is 0.593. The smallest absolute Gasteiger partial charge is 0.410 e. The number of pyridine rings is 1. The van der Waals surface area contributed by atoms with Crippen molar-refractivity contribution in [2.45, 2.75) is 62.7 Å². The van der Waals surface area contributed by atoms with Gasteiger partial charge in [-0.1, -0.05) is 0 Å². The Kier molecular flexibility index (Phi) is 6.59. The van der Waals surface area contributed by atoms with Gasteiger partial charge in [-0.05, 0) is 45.2 Å². The zero-order valence-electron chi connectivity index (χ0n) is 22.0. The average Bonchev–Trinajstić information content (AvgIpc) is 3.30. The van der Waals surface area contributed by atoms with E-state index in [1.54, 1.807) is 22.7 Å². The summed E-state index contributed by atoms with van der Waals surface area (Å²) in [6, 6.07) is 2.07. The van der Waals surface area contributed by atoms with Crippen LogP contribution in [0, 0.1) is 0 Å². The van der Waals surface area contributed by atoms with Gasteiger partial charge in [0, 0.05) is 65.4 Å². The Morgan fingerprint density at radius 1 is 1.05 bits per heavy atom. The Morgan fingerprint density at radius 2 is 1.76 bits per heavy atom. The van der Waals surface area contributed by atoms with Crippen LogP contribution in [0.4, 0.5) is 10.6 Å². The minimum absolute atomic E-state index is 0.0818. The molecule has 2 saturated heterocycles. The fourth-order valence-electron chi connectivity index (χ4n) is 5.17. The summed E-state index contributed by atoms with van der Waals surface area (Å²) in [5.41, 5.74) is 0.337. The number of fused-ring (bicyclic) bond motifs is 1. The number of aromatic nitrogens is 3. The maximum absolute atomic E-state index is 12.9. The Bertz CT molecular complexity index is 1250. The summed E-state index contributed by atoms with van der Waals surface area (Å²) < 4.78 is 40.9. The van der Waals surface area contributed by atoms with Crippen LogP contribution in [0.3, 0.4) is 0 Å². The fourth-order valence-corrected chi connectivity index (χ4v) is 6.55. The van der Waals surface area contributed by atoms with Crippen LogP contribution in [-0.4, -0.2) is 88.7 Å². The van der Waals surface area contributed by atoms with Crippen molar-refractivity contribution in [2.24, 2.45) is 7.05 Å². The first-order chi connectivity index (χ1) is 17.4. The predicted octanol–water partition coefficient (Wildman–Crippen LogP) is 2.42. The number of aryl methyl sites for hydroxylation is 2. The molecule has 37 heavy (non-hydrogen) atoms. The highest BCUT2D eigenvalue weighted by molar-refractivity contribution is 7.89. The lowest BCUT2D eigenvalue weighted by molar-refractivity contribution is -0.0274. The second-order valence-corrected chi connectivity index (χ2v) is 13.1. The van der Waals surface area contributed by atoms with Crippen LogP contribution >= 0.6 is 0 Å². The zero-order chi connectivity index (χ0) is 26.4. The first-order valence-corrected chi connectivity index (χ1v) is 14.3. The largest absolute Gasteiger partial charge is 0.485 e. The third-order valence-electron chi connectivity index (χ3n) is 7.28. The van der Waals surface area contributed by atoms with E-state index in [0.717, 1.165) is 42.8 Å². The van der Waals surface area contributed by atoms with E-state index in [-0.39, 0.29) is 16.7 Å². The van der Waals surface area contributed by atoms with Crippen molar-refractivity contribution in [2.75, 3.05) is 44.2 Å². The lowest BCUT2D eigenvalue weighted by Crippen LogP contribution is -2.52. The average molecular weight is 533 g/mol. The summed E-state index contributed by atoms with van der Waals surface area (Å²) in [6.07, 6.45) is 7.85. The summed E-state index contributed by atoms with van der Waals surface area (Å²) in [5.74, 6) is 1.64. The molecular weight excluding hydrogens is 496 g/mol. The molecule has 0 saturated carbocycles. The van der Waals surface area contributed by atoms with Gasteiger partial charge in [-0.3, -0.25) is 0 Å². The van der Waals surface area contributed by atoms with Crippen molar-refractivity contribution in [1.82, 2.24) is 23.7 Å². The van der Waals surface area contributed by atoms with E-state index < -0.39 is 15.6 Å². The van der Waals surface area contributed by atoms with Gasteiger partial charge >= 0.3 is 6.09 Å². The van der Waals surface area contributed by atoms with Crippen molar-refractivity contribution < 1.29 is 22.7 Å². The Hall–Kier alpha value is -2.86. The van der Waals surface area contributed by atoms with Gasteiger partial charge in [0.25, 0.3) is 10.0 Å². The summed E-state index contributed by atoms with van der Waals surface area (Å²) >= 11 is 0. The molecule has 0 radical (unpaired) electrons. The molecule has 3 aliphatic heterocycles. The number of amides is 1. The van der Waals surface area contributed by atoms with Gasteiger partial charge in [-0.25, -0.2) is 23.2 Å². The van der Waals surface area contributed by atoms with Gasteiger partial charge in [0.1, 0.15) is 22.8 Å². The number of imidazole rings is 1. The lowest BCUT2D eigenvalue weighted by atomic mass is 9.83. The Morgan fingerprint density at radius 3 is 2.38 bits per heavy atom. The van der Waals surface area contributed by atoms with E-state index in [4.69, 9.17) is 9.47 Å². The Labute approximate surface area is 218 Å². The van der Waals surface area contributed by atoms with Crippen LogP contribution in [0.15, 0.2) is 29.8 Å². The molecule has 0 atom stereocenters. The number of hydrogen-bond donors (Lipinski definition) is 0. The number of hydrogen-bond acceptors (Lipinski definition) is 8. The van der Waals surface area contributed by atoms with E-state index in [2.05, 4.69) is 20.9 Å². The number of rotatable bonds is 3. The molecule has 0 aliphatic carbocycles. The number of carbonyl (C=O) groups is 1. The van der Waals surface area contributed by atoms with Crippen LogP contribution in [0.1, 0.15) is 45.6 Å². The first-order valence-electron chi connectivity index (χ1n) is 12.8. The van der Waals surface area contributed by atoms with Crippen LogP contribution < -0.4 is 9.64 Å². The maximum Gasteiger partial charge on any atom is 0.410 e. The SMILES string of the molecule is Cn1cnc(S(=O)(=O)N2CCN(c3cc4c(cn3)OC3(CC4)CCN(C(=O)OC(C)(C)C)CC3)CC2)c1. The highest BCUT2D eigenvalue weighted by Gasteiger charge is 2.41. The van der Waals surface area contributed by atoms with E-state index in [1.165, 1.54) is 16.8 Å². The molecule has 202 valence electrons. The van der Waals surface area contributed by atoms with Crippen LogP contribution in [-0.2, 0) is 28.2 Å². The number of sulfonamides is 1. The van der Waals surface area contributed by atoms with E-state index >= 15 is 0 Å². The van der Waals surface area contributed by atoms with Crippen LogP contribution in [0.5, 0.6) is 5.75 Å². The van der Waals surface area contributed by atoms with E-state index in [0.29, 0.717) is 39.3 Å². The highest BCUT2D eigenvalue weighted by Crippen LogP contribution is 2.40. The number of piperidine rings is 1. The summed E-state index contributed by atoms with van der Waals surface area (Å²) in [4.78, 5) is 25.0. The molecule has 5 rings (SSSR count). The molecule has 0 aromatic carbocycles. The third kappa shape index (κ3) is 5.40. The maximum atomic E-state index is 12.9.